The fourth-order valence-electron chi connectivity index (χ4n) is 2.84. The van der Waals surface area contributed by atoms with Crippen LogP contribution in [0.2, 0.25) is 0 Å². The van der Waals surface area contributed by atoms with Gasteiger partial charge in [-0.15, -0.1) is 11.3 Å². The van der Waals surface area contributed by atoms with E-state index in [9.17, 15) is 0 Å². The third kappa shape index (κ3) is 2.66. The Balaban J connectivity index is 1.89. The Hall–Kier alpha value is -2.46. The van der Waals surface area contributed by atoms with Crippen LogP contribution in [-0.4, -0.2) is 14.5 Å². The second-order valence-corrected chi connectivity index (χ2v) is 7.05. The maximum absolute atomic E-state index is 4.83. The van der Waals surface area contributed by atoms with Crippen LogP contribution in [0.1, 0.15) is 16.0 Å². The lowest BCUT2D eigenvalue weighted by Gasteiger charge is -2.08. The van der Waals surface area contributed by atoms with Crippen molar-refractivity contribution in [3.63, 3.8) is 0 Å². The molecular weight excluding hydrogens is 302 g/mol. The van der Waals surface area contributed by atoms with Gasteiger partial charge in [0.25, 0.3) is 0 Å². The average Bonchev–Trinajstić information content (AvgIpc) is 3.12. The smallest absolute Gasteiger partial charge is 0.160 e. The normalized spacial score (nSPS) is 11.2. The maximum Gasteiger partial charge on any atom is 0.160 e. The van der Waals surface area contributed by atoms with Gasteiger partial charge in [-0.2, -0.15) is 0 Å². The van der Waals surface area contributed by atoms with Crippen molar-refractivity contribution >= 4 is 22.5 Å². The van der Waals surface area contributed by atoms with E-state index in [2.05, 4.69) is 59.8 Å². The number of nitrogens with zero attached hydrogens (tertiary/aromatic N) is 3. The lowest BCUT2D eigenvalue weighted by atomic mass is 10.1. The van der Waals surface area contributed by atoms with Crippen LogP contribution in [0.4, 0.5) is 0 Å². The zero-order chi connectivity index (χ0) is 15.8. The summed E-state index contributed by atoms with van der Waals surface area (Å²) in [6.07, 6.45) is 1.83. The molecule has 0 aliphatic heterocycles. The summed E-state index contributed by atoms with van der Waals surface area (Å²) in [7, 11) is 0. The Morgan fingerprint density at radius 1 is 1.04 bits per heavy atom. The van der Waals surface area contributed by atoms with Crippen molar-refractivity contribution in [3.05, 3.63) is 70.7 Å². The molecule has 0 aliphatic rings. The van der Waals surface area contributed by atoms with Crippen LogP contribution in [0.5, 0.6) is 0 Å². The highest BCUT2D eigenvalue weighted by Crippen LogP contribution is 2.30. The van der Waals surface area contributed by atoms with Crippen molar-refractivity contribution in [1.82, 2.24) is 14.5 Å². The van der Waals surface area contributed by atoms with E-state index in [0.717, 1.165) is 23.5 Å². The SMILES string of the molecule is Cc1cccc(Cn2c(-c3ccc(C)s3)nc3cccnc32)c1. The molecule has 0 fully saturated rings. The topological polar surface area (TPSA) is 30.7 Å². The van der Waals surface area contributed by atoms with E-state index in [1.807, 2.05) is 18.3 Å². The van der Waals surface area contributed by atoms with Gasteiger partial charge in [0.05, 0.1) is 11.4 Å². The lowest BCUT2D eigenvalue weighted by Crippen LogP contribution is -2.02. The molecule has 0 amide bonds. The van der Waals surface area contributed by atoms with Gasteiger partial charge in [-0.3, -0.25) is 0 Å². The first-order valence-corrected chi connectivity index (χ1v) is 8.46. The summed E-state index contributed by atoms with van der Waals surface area (Å²) in [5.74, 6) is 0.998. The summed E-state index contributed by atoms with van der Waals surface area (Å²) in [5, 5.41) is 0. The van der Waals surface area contributed by atoms with Gasteiger partial charge < -0.3 is 4.57 Å². The van der Waals surface area contributed by atoms with E-state index in [4.69, 9.17) is 4.98 Å². The average molecular weight is 319 g/mol. The Bertz CT molecular complexity index is 981. The van der Waals surface area contributed by atoms with Gasteiger partial charge in [0.15, 0.2) is 11.5 Å². The molecule has 1 aromatic carbocycles. The maximum atomic E-state index is 4.83. The standard InChI is InChI=1S/C19H17N3S/c1-13-5-3-6-15(11-13)12-22-18-16(7-4-10-20-18)21-19(22)17-9-8-14(2)23-17/h3-11H,12H2,1-2H3. The Kier molecular flexibility index (Phi) is 3.46. The second-order valence-electron chi connectivity index (χ2n) is 5.77. The molecule has 0 saturated carbocycles. The van der Waals surface area contributed by atoms with E-state index in [1.165, 1.54) is 20.9 Å². The number of thiophene rings is 1. The molecular formula is C19H17N3S. The van der Waals surface area contributed by atoms with Gasteiger partial charge in [-0.1, -0.05) is 29.8 Å². The minimum absolute atomic E-state index is 0.779. The monoisotopic (exact) mass is 319 g/mol. The zero-order valence-corrected chi connectivity index (χ0v) is 14.0. The van der Waals surface area contributed by atoms with Crippen molar-refractivity contribution in [1.29, 1.82) is 0 Å². The van der Waals surface area contributed by atoms with Gasteiger partial charge in [0, 0.05) is 11.1 Å². The molecule has 114 valence electrons. The fraction of sp³-hybridized carbons (Fsp3) is 0.158. The van der Waals surface area contributed by atoms with E-state index in [1.54, 1.807) is 11.3 Å². The van der Waals surface area contributed by atoms with Gasteiger partial charge in [0.2, 0.25) is 0 Å². The lowest BCUT2D eigenvalue weighted by molar-refractivity contribution is 0.825. The molecule has 3 heterocycles. The number of hydrogen-bond donors (Lipinski definition) is 0. The van der Waals surface area contributed by atoms with Crippen LogP contribution in [-0.2, 0) is 6.54 Å². The first-order valence-electron chi connectivity index (χ1n) is 7.64. The van der Waals surface area contributed by atoms with Crippen molar-refractivity contribution in [2.45, 2.75) is 20.4 Å². The number of imidazole rings is 1. The van der Waals surface area contributed by atoms with E-state index >= 15 is 0 Å². The summed E-state index contributed by atoms with van der Waals surface area (Å²) < 4.78 is 2.22. The summed E-state index contributed by atoms with van der Waals surface area (Å²) in [5.41, 5.74) is 4.43. The van der Waals surface area contributed by atoms with Crippen molar-refractivity contribution in [2.75, 3.05) is 0 Å². The van der Waals surface area contributed by atoms with Gasteiger partial charge >= 0.3 is 0 Å². The summed E-state index contributed by atoms with van der Waals surface area (Å²) in [6, 6.07) is 16.9. The number of aryl methyl sites for hydroxylation is 2. The molecule has 0 atom stereocenters. The van der Waals surface area contributed by atoms with Gasteiger partial charge in [0.1, 0.15) is 5.52 Å². The summed E-state index contributed by atoms with van der Waals surface area (Å²) >= 11 is 1.77. The first kappa shape index (κ1) is 14.2. The number of hydrogen-bond acceptors (Lipinski definition) is 3. The fourth-order valence-corrected chi connectivity index (χ4v) is 3.71. The van der Waals surface area contributed by atoms with E-state index in [0.29, 0.717) is 0 Å². The minimum atomic E-state index is 0.779. The number of rotatable bonds is 3. The molecule has 0 saturated heterocycles. The predicted octanol–water partition coefficient (Wildman–Crippen LogP) is 4.82. The highest BCUT2D eigenvalue weighted by molar-refractivity contribution is 7.15. The Labute approximate surface area is 139 Å². The van der Waals surface area contributed by atoms with E-state index in [-0.39, 0.29) is 0 Å². The molecule has 3 aromatic heterocycles. The Morgan fingerprint density at radius 3 is 2.74 bits per heavy atom. The molecule has 3 nitrogen and oxygen atoms in total. The molecule has 4 heteroatoms. The molecule has 0 radical (unpaired) electrons. The predicted molar refractivity (Wildman–Crippen MR) is 95.9 cm³/mol. The van der Waals surface area contributed by atoms with Crippen molar-refractivity contribution in [3.8, 4) is 10.7 Å². The third-order valence-electron chi connectivity index (χ3n) is 3.89. The number of aromatic nitrogens is 3. The number of fused-ring (bicyclic) bond motifs is 1. The van der Waals surface area contributed by atoms with Crippen LogP contribution in [0.15, 0.2) is 54.7 Å². The molecule has 0 aliphatic carbocycles. The second kappa shape index (κ2) is 5.63. The van der Waals surface area contributed by atoms with Crippen molar-refractivity contribution < 1.29 is 0 Å². The van der Waals surface area contributed by atoms with Gasteiger partial charge in [-0.25, -0.2) is 9.97 Å². The van der Waals surface area contributed by atoms with E-state index < -0.39 is 0 Å². The first-order chi connectivity index (χ1) is 11.2. The summed E-state index contributed by atoms with van der Waals surface area (Å²) in [4.78, 5) is 11.9. The highest BCUT2D eigenvalue weighted by atomic mass is 32.1. The Morgan fingerprint density at radius 2 is 1.96 bits per heavy atom. The summed E-state index contributed by atoms with van der Waals surface area (Å²) in [6.45, 7) is 5.03. The third-order valence-corrected chi connectivity index (χ3v) is 4.88. The van der Waals surface area contributed by atoms with Crippen molar-refractivity contribution in [2.24, 2.45) is 0 Å². The highest BCUT2D eigenvalue weighted by Gasteiger charge is 2.15. The van der Waals surface area contributed by atoms with Crippen LogP contribution in [0.3, 0.4) is 0 Å². The van der Waals surface area contributed by atoms with Crippen LogP contribution in [0, 0.1) is 13.8 Å². The molecule has 0 bridgehead atoms. The largest absolute Gasteiger partial charge is 0.304 e. The van der Waals surface area contributed by atoms with Crippen LogP contribution in [0.25, 0.3) is 21.9 Å². The zero-order valence-electron chi connectivity index (χ0n) is 13.2. The van der Waals surface area contributed by atoms with Crippen LogP contribution >= 0.6 is 11.3 Å². The molecule has 4 rings (SSSR count). The molecule has 0 spiro atoms. The molecule has 4 aromatic rings. The molecule has 0 unspecified atom stereocenters. The number of pyridine rings is 1. The molecule has 23 heavy (non-hydrogen) atoms. The van der Waals surface area contributed by atoms with Gasteiger partial charge in [-0.05, 0) is 43.7 Å². The quantitative estimate of drug-likeness (QED) is 0.542. The molecule has 0 N–H and O–H groups in total. The van der Waals surface area contributed by atoms with Crippen LogP contribution < -0.4 is 0 Å². The minimum Gasteiger partial charge on any atom is -0.304 e. The number of benzene rings is 1.